The highest BCUT2D eigenvalue weighted by atomic mass is 16.2. The molecule has 0 aliphatic carbocycles. The summed E-state index contributed by atoms with van der Waals surface area (Å²) in [5.41, 5.74) is 5.93. The second-order valence-corrected chi connectivity index (χ2v) is 8.13. The average Bonchev–Trinajstić information content (AvgIpc) is 3.10. The molecule has 4 rings (SSSR count). The lowest BCUT2D eigenvalue weighted by Gasteiger charge is -2.32. The van der Waals surface area contributed by atoms with Crippen molar-refractivity contribution >= 4 is 17.3 Å². The number of hydrogen-bond acceptors (Lipinski definition) is 4. The van der Waals surface area contributed by atoms with Gasteiger partial charge in [0.1, 0.15) is 0 Å². The number of carbonyl (C=O) groups excluding carboxylic acids is 1. The molecule has 2 aromatic carbocycles. The quantitative estimate of drug-likeness (QED) is 0.694. The number of anilines is 2. The molecule has 1 amide bonds. The zero-order chi connectivity index (χ0) is 21.3. The van der Waals surface area contributed by atoms with Crippen LogP contribution < -0.4 is 15.1 Å². The predicted molar refractivity (Wildman–Crippen MR) is 119 cm³/mol. The van der Waals surface area contributed by atoms with Gasteiger partial charge in [-0.2, -0.15) is 9.90 Å². The SMILES string of the molecule is Cc1ccc(-n2nc(C)c(C(=O)Nc3ccccc3N3CC[NH+](C)CC3)n2)c(C)c1. The van der Waals surface area contributed by atoms with E-state index in [9.17, 15) is 4.79 Å². The Kier molecular flexibility index (Phi) is 5.55. The maximum absolute atomic E-state index is 13.1. The first-order valence-corrected chi connectivity index (χ1v) is 10.4. The van der Waals surface area contributed by atoms with Crippen molar-refractivity contribution in [2.45, 2.75) is 20.8 Å². The van der Waals surface area contributed by atoms with Crippen LogP contribution in [0, 0.1) is 20.8 Å². The summed E-state index contributed by atoms with van der Waals surface area (Å²) in [7, 11) is 2.22. The third kappa shape index (κ3) is 4.07. The molecule has 2 N–H and O–H groups in total. The number of carbonyl (C=O) groups is 1. The molecule has 0 radical (unpaired) electrons. The summed E-state index contributed by atoms with van der Waals surface area (Å²) in [6, 6.07) is 14.1. The van der Waals surface area contributed by atoms with Crippen molar-refractivity contribution in [3.05, 3.63) is 65.0 Å². The van der Waals surface area contributed by atoms with Gasteiger partial charge >= 0.3 is 0 Å². The number of likely N-dealkylation sites (N-methyl/N-ethyl adjacent to an activating group) is 1. The molecule has 0 saturated carbocycles. The topological polar surface area (TPSA) is 67.5 Å². The van der Waals surface area contributed by atoms with E-state index in [1.54, 1.807) is 4.80 Å². The zero-order valence-corrected chi connectivity index (χ0v) is 18.1. The molecule has 1 fully saturated rings. The van der Waals surface area contributed by atoms with Gasteiger partial charge in [0.15, 0.2) is 5.69 Å². The van der Waals surface area contributed by atoms with Gasteiger partial charge in [0.05, 0.1) is 56.0 Å². The number of para-hydroxylation sites is 2. The van der Waals surface area contributed by atoms with Crippen molar-refractivity contribution < 1.29 is 9.69 Å². The molecule has 1 aliphatic rings. The monoisotopic (exact) mass is 405 g/mol. The maximum atomic E-state index is 13.1. The first-order chi connectivity index (χ1) is 14.4. The molecule has 0 atom stereocenters. The fourth-order valence-corrected chi connectivity index (χ4v) is 3.89. The number of nitrogens with zero attached hydrogens (tertiary/aromatic N) is 4. The highest BCUT2D eigenvalue weighted by molar-refractivity contribution is 6.05. The summed E-state index contributed by atoms with van der Waals surface area (Å²) >= 11 is 0. The van der Waals surface area contributed by atoms with Crippen LogP contribution in [-0.4, -0.2) is 54.1 Å². The molecule has 156 valence electrons. The van der Waals surface area contributed by atoms with Gasteiger partial charge in [-0.25, -0.2) is 0 Å². The van der Waals surface area contributed by atoms with Crippen LogP contribution in [0.5, 0.6) is 0 Å². The minimum atomic E-state index is -0.240. The number of amides is 1. The second-order valence-electron chi connectivity index (χ2n) is 8.13. The van der Waals surface area contributed by atoms with E-state index in [1.165, 1.54) is 10.5 Å². The van der Waals surface area contributed by atoms with E-state index >= 15 is 0 Å². The minimum Gasteiger partial charge on any atom is -0.359 e. The fourth-order valence-electron chi connectivity index (χ4n) is 3.89. The van der Waals surface area contributed by atoms with Gasteiger partial charge in [0.25, 0.3) is 5.91 Å². The molecule has 30 heavy (non-hydrogen) atoms. The number of hydrogen-bond donors (Lipinski definition) is 2. The number of piperazine rings is 1. The van der Waals surface area contributed by atoms with E-state index in [0.29, 0.717) is 11.4 Å². The minimum absolute atomic E-state index is 0.240. The lowest BCUT2D eigenvalue weighted by Crippen LogP contribution is -3.12. The smallest absolute Gasteiger partial charge is 0.278 e. The highest BCUT2D eigenvalue weighted by Gasteiger charge is 2.22. The molecular weight excluding hydrogens is 376 g/mol. The largest absolute Gasteiger partial charge is 0.359 e. The van der Waals surface area contributed by atoms with Crippen molar-refractivity contribution in [1.82, 2.24) is 15.0 Å². The van der Waals surface area contributed by atoms with Gasteiger partial charge in [-0.1, -0.05) is 29.8 Å². The van der Waals surface area contributed by atoms with Gasteiger partial charge in [-0.3, -0.25) is 4.79 Å². The normalized spacial score (nSPS) is 14.7. The van der Waals surface area contributed by atoms with Crippen molar-refractivity contribution in [2.75, 3.05) is 43.4 Å². The maximum Gasteiger partial charge on any atom is 0.278 e. The van der Waals surface area contributed by atoms with Gasteiger partial charge < -0.3 is 15.1 Å². The van der Waals surface area contributed by atoms with Crippen LogP contribution in [0.25, 0.3) is 5.69 Å². The summed E-state index contributed by atoms with van der Waals surface area (Å²) in [5.74, 6) is -0.240. The number of quaternary nitrogens is 1. The molecular formula is C23H29N6O+. The number of rotatable bonds is 4. The van der Waals surface area contributed by atoms with Gasteiger partial charge in [0.2, 0.25) is 0 Å². The molecule has 0 unspecified atom stereocenters. The Labute approximate surface area is 177 Å². The van der Waals surface area contributed by atoms with E-state index in [4.69, 9.17) is 0 Å². The first kappa shape index (κ1) is 20.1. The van der Waals surface area contributed by atoms with Crippen molar-refractivity contribution in [3.8, 4) is 5.69 Å². The molecule has 1 aliphatic heterocycles. The Hall–Kier alpha value is -3.19. The Morgan fingerprint density at radius 2 is 1.73 bits per heavy atom. The molecule has 0 spiro atoms. The Balaban J connectivity index is 1.57. The lowest BCUT2D eigenvalue weighted by molar-refractivity contribution is -0.880. The van der Waals surface area contributed by atoms with Gasteiger partial charge in [-0.05, 0) is 44.5 Å². The third-order valence-electron chi connectivity index (χ3n) is 5.67. The number of benzene rings is 2. The standard InChI is InChI=1S/C23H28N6O/c1-16-9-10-20(17(2)15-16)29-25-18(3)22(26-29)23(30)24-19-7-5-6-8-21(19)28-13-11-27(4)12-14-28/h5-10,15H,11-14H2,1-4H3,(H,24,30)/p+1. The van der Waals surface area contributed by atoms with Gasteiger partial charge in [-0.15, -0.1) is 5.10 Å². The highest BCUT2D eigenvalue weighted by Crippen LogP contribution is 2.26. The van der Waals surface area contributed by atoms with E-state index in [2.05, 4.69) is 46.5 Å². The summed E-state index contributed by atoms with van der Waals surface area (Å²) in [6.45, 7) is 10.0. The molecule has 7 heteroatoms. The summed E-state index contributed by atoms with van der Waals surface area (Å²) < 4.78 is 0. The van der Waals surface area contributed by atoms with Crippen LogP contribution in [0.15, 0.2) is 42.5 Å². The molecule has 1 aromatic heterocycles. The fraction of sp³-hybridized carbons (Fsp3) is 0.348. The predicted octanol–water partition coefficient (Wildman–Crippen LogP) is 1.78. The molecule has 2 heterocycles. The van der Waals surface area contributed by atoms with E-state index in [1.807, 2.05) is 44.2 Å². The molecule has 7 nitrogen and oxygen atoms in total. The Morgan fingerprint density at radius 3 is 2.47 bits per heavy atom. The van der Waals surface area contributed by atoms with E-state index in [-0.39, 0.29) is 5.91 Å². The number of aryl methyl sites for hydroxylation is 3. The molecule has 0 bridgehead atoms. The van der Waals surface area contributed by atoms with Crippen LogP contribution in [0.2, 0.25) is 0 Å². The third-order valence-corrected chi connectivity index (χ3v) is 5.67. The van der Waals surface area contributed by atoms with Crippen LogP contribution >= 0.6 is 0 Å². The summed E-state index contributed by atoms with van der Waals surface area (Å²) in [6.07, 6.45) is 0. The van der Waals surface area contributed by atoms with Crippen LogP contribution in [0.3, 0.4) is 0 Å². The van der Waals surface area contributed by atoms with Gasteiger partial charge in [0, 0.05) is 0 Å². The average molecular weight is 406 g/mol. The zero-order valence-electron chi connectivity index (χ0n) is 18.1. The van der Waals surface area contributed by atoms with Crippen LogP contribution in [0.1, 0.15) is 27.3 Å². The number of aromatic nitrogens is 3. The van der Waals surface area contributed by atoms with Crippen molar-refractivity contribution in [1.29, 1.82) is 0 Å². The molecule has 1 saturated heterocycles. The number of nitrogens with one attached hydrogen (secondary N) is 2. The Bertz CT molecular complexity index is 1070. The van der Waals surface area contributed by atoms with E-state index < -0.39 is 0 Å². The lowest BCUT2D eigenvalue weighted by atomic mass is 10.1. The van der Waals surface area contributed by atoms with Crippen LogP contribution in [-0.2, 0) is 0 Å². The first-order valence-electron chi connectivity index (χ1n) is 10.4. The van der Waals surface area contributed by atoms with Crippen molar-refractivity contribution in [2.24, 2.45) is 0 Å². The van der Waals surface area contributed by atoms with Crippen molar-refractivity contribution in [3.63, 3.8) is 0 Å². The Morgan fingerprint density at radius 1 is 1.00 bits per heavy atom. The molecule has 3 aromatic rings. The van der Waals surface area contributed by atoms with Crippen LogP contribution in [0.4, 0.5) is 11.4 Å². The summed E-state index contributed by atoms with van der Waals surface area (Å²) in [4.78, 5) is 18.5. The second kappa shape index (κ2) is 8.28. The summed E-state index contributed by atoms with van der Waals surface area (Å²) in [5, 5.41) is 12.0. The van der Waals surface area contributed by atoms with E-state index in [0.717, 1.165) is 48.8 Å².